The highest BCUT2D eigenvalue weighted by atomic mass is 79.9. The Morgan fingerprint density at radius 1 is 1.18 bits per heavy atom. The predicted octanol–water partition coefficient (Wildman–Crippen LogP) is 4.47. The van der Waals surface area contributed by atoms with Gasteiger partial charge in [-0.15, -0.1) is 0 Å². The van der Waals surface area contributed by atoms with E-state index in [1.807, 2.05) is 0 Å². The van der Waals surface area contributed by atoms with Crippen LogP contribution >= 0.6 is 15.9 Å². The van der Waals surface area contributed by atoms with Gasteiger partial charge in [-0.1, -0.05) is 28.1 Å². The molecule has 28 heavy (non-hydrogen) atoms. The number of benzene rings is 1. The van der Waals surface area contributed by atoms with E-state index in [0.29, 0.717) is 9.37 Å². The van der Waals surface area contributed by atoms with Crippen LogP contribution in [0.3, 0.4) is 0 Å². The molecule has 0 bridgehead atoms. The van der Waals surface area contributed by atoms with E-state index in [-0.39, 0.29) is 5.56 Å². The van der Waals surface area contributed by atoms with Crippen LogP contribution in [-0.2, 0) is 9.53 Å². The number of halogens is 5. The van der Waals surface area contributed by atoms with E-state index in [2.05, 4.69) is 15.9 Å². The molecule has 0 unspecified atom stereocenters. The van der Waals surface area contributed by atoms with Gasteiger partial charge in [-0.3, -0.25) is 4.79 Å². The van der Waals surface area contributed by atoms with Crippen LogP contribution in [0.4, 0.5) is 22.4 Å². The first-order valence-electron chi connectivity index (χ1n) is 8.40. The summed E-state index contributed by atoms with van der Waals surface area (Å²) in [4.78, 5) is 25.7. The molecule has 1 saturated heterocycles. The van der Waals surface area contributed by atoms with Crippen molar-refractivity contribution in [1.82, 2.24) is 9.80 Å². The third-order valence-corrected chi connectivity index (χ3v) is 4.65. The number of hydrogen-bond acceptors (Lipinski definition) is 3. The summed E-state index contributed by atoms with van der Waals surface area (Å²) in [6, 6.07) is 2.93. The number of carbonyl (C=O) groups excluding carboxylic acids is 2. The summed E-state index contributed by atoms with van der Waals surface area (Å²) in [5.74, 6) is -1.34. The van der Waals surface area contributed by atoms with Crippen LogP contribution in [0, 0.1) is 0 Å². The number of nitrogens with zero attached hydrogens (tertiary/aromatic N) is 2. The molecule has 1 heterocycles. The summed E-state index contributed by atoms with van der Waals surface area (Å²) >= 11 is 3.13. The molecule has 2 rings (SSSR count). The predicted molar refractivity (Wildman–Crippen MR) is 97.4 cm³/mol. The smallest absolute Gasteiger partial charge is 0.413 e. The number of rotatable bonds is 3. The summed E-state index contributed by atoms with van der Waals surface area (Å²) in [6.07, 6.45) is -5.63. The quantitative estimate of drug-likeness (QED) is 0.614. The zero-order valence-electron chi connectivity index (χ0n) is 15.8. The van der Waals surface area contributed by atoms with E-state index < -0.39 is 48.6 Å². The molecule has 5 nitrogen and oxygen atoms in total. The molecule has 1 aromatic rings. The second kappa shape index (κ2) is 7.53. The maximum Gasteiger partial charge on any atom is 0.413 e. The number of ether oxygens (including phenoxy) is 1. The number of carbonyl (C=O) groups is 2. The van der Waals surface area contributed by atoms with Crippen LogP contribution in [-0.4, -0.2) is 59.4 Å². The minimum absolute atomic E-state index is 0.196. The van der Waals surface area contributed by atoms with Gasteiger partial charge < -0.3 is 14.5 Å². The molecule has 1 fully saturated rings. The molecule has 0 N–H and O–H groups in total. The first-order chi connectivity index (χ1) is 12.6. The Morgan fingerprint density at radius 2 is 1.68 bits per heavy atom. The molecule has 1 aliphatic heterocycles. The minimum Gasteiger partial charge on any atom is -0.444 e. The van der Waals surface area contributed by atoms with Crippen LogP contribution in [0.2, 0.25) is 0 Å². The van der Waals surface area contributed by atoms with Gasteiger partial charge in [0.1, 0.15) is 5.60 Å². The molecule has 2 amide bonds. The zero-order chi connectivity index (χ0) is 21.5. The van der Waals surface area contributed by atoms with Gasteiger partial charge in [0.15, 0.2) is 6.04 Å². The molecule has 156 valence electrons. The van der Waals surface area contributed by atoms with Crippen LogP contribution < -0.4 is 0 Å². The minimum atomic E-state index is -4.80. The van der Waals surface area contributed by atoms with Gasteiger partial charge in [0.25, 0.3) is 5.91 Å². The molecule has 10 heteroatoms. The topological polar surface area (TPSA) is 49.9 Å². The molecule has 0 saturated carbocycles. The Kier molecular flexibility index (Phi) is 6.04. The highest BCUT2D eigenvalue weighted by Gasteiger charge is 2.57. The fourth-order valence-electron chi connectivity index (χ4n) is 2.86. The van der Waals surface area contributed by atoms with Gasteiger partial charge in [-0.2, -0.15) is 13.2 Å². The SMILES string of the molecule is CN(C(=O)C1(F)CN(C(=O)OC(C)(C)C)C1)[C@@H](c1ccc(Br)cc1)C(F)(F)F. The maximum atomic E-state index is 14.9. The van der Waals surface area contributed by atoms with E-state index in [4.69, 9.17) is 4.74 Å². The lowest BCUT2D eigenvalue weighted by molar-refractivity contribution is -0.197. The van der Waals surface area contributed by atoms with Crippen molar-refractivity contribution >= 4 is 27.9 Å². The maximum absolute atomic E-state index is 14.9. The van der Waals surface area contributed by atoms with Crippen molar-refractivity contribution in [3.63, 3.8) is 0 Å². The monoisotopic (exact) mass is 468 g/mol. The highest BCUT2D eigenvalue weighted by Crippen LogP contribution is 2.40. The van der Waals surface area contributed by atoms with Crippen LogP contribution in [0.1, 0.15) is 32.4 Å². The summed E-state index contributed by atoms with van der Waals surface area (Å²) < 4.78 is 61.4. The molecule has 1 aromatic carbocycles. The van der Waals surface area contributed by atoms with E-state index in [9.17, 15) is 27.2 Å². The van der Waals surface area contributed by atoms with Gasteiger partial charge in [-0.05, 0) is 38.5 Å². The van der Waals surface area contributed by atoms with Crippen molar-refractivity contribution in [3.8, 4) is 0 Å². The normalized spacial score (nSPS) is 17.5. The Bertz CT molecular complexity index is 741. The fraction of sp³-hybridized carbons (Fsp3) is 0.556. The molecular formula is C18H21BrF4N2O3. The van der Waals surface area contributed by atoms with Crippen molar-refractivity contribution in [2.75, 3.05) is 20.1 Å². The molecule has 1 atom stereocenters. The summed E-state index contributed by atoms with van der Waals surface area (Å²) in [5, 5.41) is 0. The molecular weight excluding hydrogens is 448 g/mol. The Labute approximate surface area is 168 Å². The Hall–Kier alpha value is -1.84. The lowest BCUT2D eigenvalue weighted by Gasteiger charge is -2.45. The lowest BCUT2D eigenvalue weighted by atomic mass is 9.93. The van der Waals surface area contributed by atoms with Gasteiger partial charge in [0, 0.05) is 11.5 Å². The van der Waals surface area contributed by atoms with Crippen LogP contribution in [0.25, 0.3) is 0 Å². The molecule has 0 spiro atoms. The number of hydrogen-bond donors (Lipinski definition) is 0. The Morgan fingerprint density at radius 3 is 2.11 bits per heavy atom. The first-order valence-corrected chi connectivity index (χ1v) is 9.20. The van der Waals surface area contributed by atoms with Gasteiger partial charge >= 0.3 is 12.3 Å². The van der Waals surface area contributed by atoms with Crippen molar-refractivity contribution < 1.29 is 31.9 Å². The van der Waals surface area contributed by atoms with Crippen molar-refractivity contribution in [3.05, 3.63) is 34.3 Å². The average molecular weight is 469 g/mol. The number of alkyl halides is 4. The van der Waals surface area contributed by atoms with E-state index >= 15 is 0 Å². The summed E-state index contributed by atoms with van der Waals surface area (Å²) in [7, 11) is 0.903. The van der Waals surface area contributed by atoms with Crippen molar-refractivity contribution in [1.29, 1.82) is 0 Å². The third-order valence-electron chi connectivity index (χ3n) is 4.12. The molecule has 0 aromatic heterocycles. The highest BCUT2D eigenvalue weighted by molar-refractivity contribution is 9.10. The fourth-order valence-corrected chi connectivity index (χ4v) is 3.12. The van der Waals surface area contributed by atoms with E-state index in [1.165, 1.54) is 24.3 Å². The van der Waals surface area contributed by atoms with Crippen molar-refractivity contribution in [2.45, 2.75) is 44.3 Å². The van der Waals surface area contributed by atoms with Crippen LogP contribution in [0.5, 0.6) is 0 Å². The second-order valence-electron chi connectivity index (χ2n) is 7.71. The standard InChI is InChI=1S/C18H21BrF4N2O3/c1-16(2,3)28-15(27)25-9-17(20,10-25)14(26)24(4)13(18(21,22)23)11-5-7-12(19)8-6-11/h5-8,13H,9-10H2,1-4H3/t13-/m0/s1. The number of likely N-dealkylation sites (tertiary alicyclic amines) is 1. The molecule has 1 aliphatic rings. The lowest BCUT2D eigenvalue weighted by Crippen LogP contribution is -2.68. The molecule has 0 radical (unpaired) electrons. The summed E-state index contributed by atoms with van der Waals surface area (Å²) in [5.41, 5.74) is -3.60. The van der Waals surface area contributed by atoms with Gasteiger partial charge in [-0.25, -0.2) is 9.18 Å². The largest absolute Gasteiger partial charge is 0.444 e. The molecule has 0 aliphatic carbocycles. The zero-order valence-corrected chi connectivity index (χ0v) is 17.4. The number of amides is 2. The summed E-state index contributed by atoms with van der Waals surface area (Å²) in [6.45, 7) is 3.56. The van der Waals surface area contributed by atoms with Gasteiger partial charge in [0.2, 0.25) is 5.67 Å². The van der Waals surface area contributed by atoms with E-state index in [1.54, 1.807) is 20.8 Å². The average Bonchev–Trinajstić information content (AvgIpc) is 2.50. The van der Waals surface area contributed by atoms with Gasteiger partial charge in [0.05, 0.1) is 13.1 Å². The van der Waals surface area contributed by atoms with Crippen molar-refractivity contribution in [2.24, 2.45) is 0 Å². The third kappa shape index (κ3) is 4.95. The first kappa shape index (κ1) is 22.4. The van der Waals surface area contributed by atoms with E-state index in [0.717, 1.165) is 11.9 Å². The van der Waals surface area contributed by atoms with Crippen LogP contribution in [0.15, 0.2) is 28.7 Å². The Balaban J connectivity index is 2.15. The second-order valence-corrected chi connectivity index (χ2v) is 8.63.